The van der Waals surface area contributed by atoms with E-state index in [1.165, 1.54) is 18.2 Å². The van der Waals surface area contributed by atoms with Gasteiger partial charge in [-0.15, -0.1) is 0 Å². The van der Waals surface area contributed by atoms with Gasteiger partial charge in [0, 0.05) is 10.7 Å². The summed E-state index contributed by atoms with van der Waals surface area (Å²) in [6.45, 7) is 0.687. The molecule has 1 unspecified atom stereocenters. The minimum absolute atomic E-state index is 0.167. The Labute approximate surface area is 146 Å². The molecular formula is C16H12ClN3O5. The van der Waals surface area contributed by atoms with Gasteiger partial charge in [-0.05, 0) is 24.3 Å². The van der Waals surface area contributed by atoms with Crippen molar-refractivity contribution in [3.8, 4) is 11.5 Å². The molecule has 0 saturated heterocycles. The highest BCUT2D eigenvalue weighted by Crippen LogP contribution is 2.40. The van der Waals surface area contributed by atoms with Gasteiger partial charge in [0.1, 0.15) is 19.4 Å². The van der Waals surface area contributed by atoms with Gasteiger partial charge in [0.2, 0.25) is 0 Å². The summed E-state index contributed by atoms with van der Waals surface area (Å²) in [6.07, 6.45) is -0.780. The van der Waals surface area contributed by atoms with Gasteiger partial charge in [-0.1, -0.05) is 11.6 Å². The molecule has 9 heteroatoms. The van der Waals surface area contributed by atoms with Gasteiger partial charge in [0.05, 0.1) is 22.1 Å². The SMILES string of the molecule is O=C1NC(c2cc3c(cc2[N+](=O)[O-])OCCO3)Nc2ccc(Cl)cc21. The summed E-state index contributed by atoms with van der Waals surface area (Å²) in [7, 11) is 0. The topological polar surface area (TPSA) is 103 Å². The van der Waals surface area contributed by atoms with Crippen molar-refractivity contribution in [2.45, 2.75) is 6.17 Å². The molecule has 25 heavy (non-hydrogen) atoms. The van der Waals surface area contributed by atoms with Crippen LogP contribution in [-0.2, 0) is 0 Å². The molecule has 0 saturated carbocycles. The normalized spacial score (nSPS) is 18.0. The number of carbonyl (C=O) groups excluding carboxylic acids is 1. The molecule has 0 aromatic heterocycles. The molecule has 8 nitrogen and oxygen atoms in total. The Kier molecular flexibility index (Phi) is 3.61. The van der Waals surface area contributed by atoms with E-state index in [9.17, 15) is 14.9 Å². The third-order valence-corrected chi connectivity index (χ3v) is 4.24. The molecule has 4 rings (SSSR count). The first-order valence-electron chi connectivity index (χ1n) is 7.48. The summed E-state index contributed by atoms with van der Waals surface area (Å²) in [5, 5.41) is 17.7. The van der Waals surface area contributed by atoms with Crippen molar-refractivity contribution < 1.29 is 19.2 Å². The van der Waals surface area contributed by atoms with Gasteiger partial charge in [-0.3, -0.25) is 14.9 Å². The standard InChI is InChI=1S/C16H12ClN3O5/c17-8-1-2-11-9(5-8)16(21)19-15(18-11)10-6-13-14(25-4-3-24-13)7-12(10)20(22)23/h1-2,5-7,15,18H,3-4H2,(H,19,21). The monoisotopic (exact) mass is 361 g/mol. The highest BCUT2D eigenvalue weighted by Gasteiger charge is 2.32. The number of carbonyl (C=O) groups is 1. The van der Waals surface area contributed by atoms with Crippen LogP contribution in [0.1, 0.15) is 22.1 Å². The van der Waals surface area contributed by atoms with Gasteiger partial charge >= 0.3 is 0 Å². The predicted molar refractivity (Wildman–Crippen MR) is 89.4 cm³/mol. The third kappa shape index (κ3) is 2.70. The van der Waals surface area contributed by atoms with E-state index < -0.39 is 11.1 Å². The number of halogens is 1. The van der Waals surface area contributed by atoms with E-state index in [1.807, 2.05) is 0 Å². The zero-order valence-electron chi connectivity index (χ0n) is 12.7. The Bertz CT molecular complexity index is 902. The van der Waals surface area contributed by atoms with Gasteiger partial charge in [-0.2, -0.15) is 0 Å². The highest BCUT2D eigenvalue weighted by atomic mass is 35.5. The molecule has 0 aliphatic carbocycles. The van der Waals surface area contributed by atoms with Crippen molar-refractivity contribution in [1.82, 2.24) is 5.32 Å². The number of fused-ring (bicyclic) bond motifs is 2. The lowest BCUT2D eigenvalue weighted by Crippen LogP contribution is -2.38. The van der Waals surface area contributed by atoms with Gasteiger partial charge < -0.3 is 20.1 Å². The molecule has 0 radical (unpaired) electrons. The molecule has 0 spiro atoms. The molecule has 2 aromatic rings. The van der Waals surface area contributed by atoms with Crippen LogP contribution in [0.2, 0.25) is 5.02 Å². The summed E-state index contributed by atoms with van der Waals surface area (Å²) in [5.41, 5.74) is 1.04. The van der Waals surface area contributed by atoms with Crippen LogP contribution in [0.3, 0.4) is 0 Å². The van der Waals surface area contributed by atoms with Crippen LogP contribution in [0.5, 0.6) is 11.5 Å². The van der Waals surface area contributed by atoms with Crippen LogP contribution < -0.4 is 20.1 Å². The largest absolute Gasteiger partial charge is 0.486 e. The number of rotatable bonds is 2. The van der Waals surface area contributed by atoms with Crippen molar-refractivity contribution in [3.63, 3.8) is 0 Å². The highest BCUT2D eigenvalue weighted by molar-refractivity contribution is 6.31. The number of benzene rings is 2. The van der Waals surface area contributed by atoms with Crippen molar-refractivity contribution in [1.29, 1.82) is 0 Å². The molecule has 1 amide bonds. The number of nitro groups is 1. The molecule has 2 aromatic carbocycles. The van der Waals surface area contributed by atoms with E-state index in [2.05, 4.69) is 10.6 Å². The van der Waals surface area contributed by atoms with Crippen LogP contribution in [0.15, 0.2) is 30.3 Å². The van der Waals surface area contributed by atoms with E-state index in [0.717, 1.165) is 0 Å². The van der Waals surface area contributed by atoms with E-state index in [-0.39, 0.29) is 17.2 Å². The van der Waals surface area contributed by atoms with E-state index in [4.69, 9.17) is 21.1 Å². The zero-order chi connectivity index (χ0) is 17.6. The van der Waals surface area contributed by atoms with Gasteiger partial charge in [0.15, 0.2) is 11.5 Å². The molecule has 0 fully saturated rings. The Balaban J connectivity index is 1.78. The van der Waals surface area contributed by atoms with Crippen molar-refractivity contribution in [2.75, 3.05) is 18.5 Å². The van der Waals surface area contributed by atoms with E-state index >= 15 is 0 Å². The van der Waals surface area contributed by atoms with Crippen LogP contribution >= 0.6 is 11.6 Å². The first kappa shape index (κ1) is 15.5. The summed E-state index contributed by atoms with van der Waals surface area (Å²) in [6, 6.07) is 7.67. The molecule has 2 aliphatic heterocycles. The second-order valence-electron chi connectivity index (χ2n) is 5.55. The second-order valence-corrected chi connectivity index (χ2v) is 5.99. The Morgan fingerprint density at radius 1 is 1.12 bits per heavy atom. The first-order chi connectivity index (χ1) is 12.0. The van der Waals surface area contributed by atoms with Crippen LogP contribution in [0.25, 0.3) is 0 Å². The number of nitrogens with zero attached hydrogens (tertiary/aromatic N) is 1. The van der Waals surface area contributed by atoms with Crippen LogP contribution in [-0.4, -0.2) is 24.0 Å². The average molecular weight is 362 g/mol. The van der Waals surface area contributed by atoms with Gasteiger partial charge in [0.25, 0.3) is 11.6 Å². The number of hydrogen-bond acceptors (Lipinski definition) is 6. The number of ether oxygens (including phenoxy) is 2. The van der Waals surface area contributed by atoms with Crippen molar-refractivity contribution in [3.05, 3.63) is 56.6 Å². The minimum Gasteiger partial charge on any atom is -0.486 e. The van der Waals surface area contributed by atoms with E-state index in [0.29, 0.717) is 41.0 Å². The van der Waals surface area contributed by atoms with Gasteiger partial charge in [-0.25, -0.2) is 0 Å². The molecule has 0 bridgehead atoms. The quantitative estimate of drug-likeness (QED) is 0.629. The predicted octanol–water partition coefficient (Wildman–Crippen LogP) is 2.87. The van der Waals surface area contributed by atoms with Crippen molar-refractivity contribution >= 4 is 28.9 Å². The molecule has 2 N–H and O–H groups in total. The second kappa shape index (κ2) is 5.82. The fourth-order valence-electron chi connectivity index (χ4n) is 2.87. The number of nitro benzene ring substituents is 1. The maximum Gasteiger partial charge on any atom is 0.280 e. The summed E-state index contributed by atoms with van der Waals surface area (Å²) < 4.78 is 10.9. The molecule has 1 atom stereocenters. The Morgan fingerprint density at radius 2 is 1.84 bits per heavy atom. The van der Waals surface area contributed by atoms with Crippen LogP contribution in [0, 0.1) is 10.1 Å². The molecule has 2 heterocycles. The zero-order valence-corrected chi connectivity index (χ0v) is 13.5. The fourth-order valence-corrected chi connectivity index (χ4v) is 3.04. The average Bonchev–Trinajstić information content (AvgIpc) is 2.61. The summed E-state index contributed by atoms with van der Waals surface area (Å²) in [5.74, 6) is 0.353. The lowest BCUT2D eigenvalue weighted by molar-refractivity contribution is -0.385. The lowest BCUT2D eigenvalue weighted by Gasteiger charge is -2.29. The summed E-state index contributed by atoms with van der Waals surface area (Å²) in [4.78, 5) is 23.3. The fraction of sp³-hybridized carbons (Fsp3) is 0.188. The smallest absolute Gasteiger partial charge is 0.280 e. The Hall–Kier alpha value is -3.00. The van der Waals surface area contributed by atoms with Crippen LogP contribution in [0.4, 0.5) is 11.4 Å². The number of amides is 1. The number of anilines is 1. The first-order valence-corrected chi connectivity index (χ1v) is 7.85. The Morgan fingerprint density at radius 3 is 2.56 bits per heavy atom. The summed E-state index contributed by atoms with van der Waals surface area (Å²) >= 11 is 5.91. The van der Waals surface area contributed by atoms with Crippen molar-refractivity contribution in [2.24, 2.45) is 0 Å². The molecular weight excluding hydrogens is 350 g/mol. The number of nitrogens with one attached hydrogen (secondary N) is 2. The van der Waals surface area contributed by atoms with E-state index in [1.54, 1.807) is 12.1 Å². The maximum atomic E-state index is 12.4. The minimum atomic E-state index is -0.780. The maximum absolute atomic E-state index is 12.4. The number of hydrogen-bond donors (Lipinski definition) is 2. The molecule has 128 valence electrons. The lowest BCUT2D eigenvalue weighted by atomic mass is 10.0. The third-order valence-electron chi connectivity index (χ3n) is 4.00. The molecule has 2 aliphatic rings.